The van der Waals surface area contributed by atoms with E-state index >= 15 is 0 Å². The highest BCUT2D eigenvalue weighted by Gasteiger charge is 2.39. The fraction of sp³-hybridized carbons (Fsp3) is 0.381. The third-order valence-corrected chi connectivity index (χ3v) is 4.89. The Hall–Kier alpha value is -1.93. The Labute approximate surface area is 140 Å². The molecule has 1 atom stereocenters. The fourth-order valence-electron chi connectivity index (χ4n) is 3.25. The molecule has 0 aliphatic heterocycles. The summed E-state index contributed by atoms with van der Waals surface area (Å²) in [6, 6.07) is 21.5. The molecule has 23 heavy (non-hydrogen) atoms. The summed E-state index contributed by atoms with van der Waals surface area (Å²) in [5.74, 6) is 0. The van der Waals surface area contributed by atoms with E-state index in [0.29, 0.717) is 6.04 Å². The van der Waals surface area contributed by atoms with Gasteiger partial charge in [0.1, 0.15) is 0 Å². The Morgan fingerprint density at radius 3 is 1.74 bits per heavy atom. The Morgan fingerprint density at radius 1 is 0.957 bits per heavy atom. The lowest BCUT2D eigenvalue weighted by atomic mass is 9.66. The molecular formula is C21H28N2. The van der Waals surface area contributed by atoms with E-state index in [0.717, 1.165) is 18.6 Å². The first-order valence-corrected chi connectivity index (χ1v) is 8.37. The highest BCUT2D eigenvalue weighted by molar-refractivity contribution is 5.96. The topological polar surface area (TPSA) is 27.1 Å². The summed E-state index contributed by atoms with van der Waals surface area (Å²) in [5.41, 5.74) is 2.85. The van der Waals surface area contributed by atoms with E-state index in [2.05, 4.69) is 81.4 Å². The average molecular weight is 308 g/mol. The number of hydrogen-bond donors (Lipinski definition) is 1. The third-order valence-electron chi connectivity index (χ3n) is 4.89. The molecule has 0 bridgehead atoms. The molecule has 0 aliphatic rings. The number of hydrogen-bond acceptors (Lipinski definition) is 2. The summed E-state index contributed by atoms with van der Waals surface area (Å²) < 4.78 is 0. The Bertz CT molecular complexity index is 577. The lowest BCUT2D eigenvalue weighted by molar-refractivity contribution is 0.277. The van der Waals surface area contributed by atoms with Crippen LogP contribution in [-0.2, 0) is 5.41 Å². The van der Waals surface area contributed by atoms with Crippen molar-refractivity contribution < 1.29 is 0 Å². The van der Waals surface area contributed by atoms with Crippen molar-refractivity contribution >= 4 is 5.71 Å². The number of rotatable bonds is 7. The highest BCUT2D eigenvalue weighted by Crippen LogP contribution is 2.39. The SMILES string of the molecule is CCC(=N)C(CC(C)N(C)C)(c1ccccc1)c1ccccc1. The van der Waals surface area contributed by atoms with E-state index in [1.165, 1.54) is 11.1 Å². The normalized spacial score (nSPS) is 13.1. The third kappa shape index (κ3) is 3.53. The zero-order valence-electron chi connectivity index (χ0n) is 14.7. The lowest BCUT2D eigenvalue weighted by Crippen LogP contribution is -2.42. The predicted molar refractivity (Wildman–Crippen MR) is 99.4 cm³/mol. The maximum absolute atomic E-state index is 8.83. The quantitative estimate of drug-likeness (QED) is 0.735. The van der Waals surface area contributed by atoms with Crippen LogP contribution in [0.5, 0.6) is 0 Å². The van der Waals surface area contributed by atoms with Crippen LogP contribution >= 0.6 is 0 Å². The molecule has 0 spiro atoms. The van der Waals surface area contributed by atoms with E-state index < -0.39 is 0 Å². The van der Waals surface area contributed by atoms with Gasteiger partial charge in [0.15, 0.2) is 0 Å². The zero-order valence-corrected chi connectivity index (χ0v) is 14.7. The first kappa shape index (κ1) is 17.4. The van der Waals surface area contributed by atoms with Gasteiger partial charge in [-0.2, -0.15) is 0 Å². The largest absolute Gasteiger partial charge is 0.308 e. The summed E-state index contributed by atoms with van der Waals surface area (Å²) >= 11 is 0. The van der Waals surface area contributed by atoms with Crippen LogP contribution in [0.2, 0.25) is 0 Å². The minimum Gasteiger partial charge on any atom is -0.308 e. The van der Waals surface area contributed by atoms with Gasteiger partial charge >= 0.3 is 0 Å². The molecule has 2 aromatic carbocycles. The van der Waals surface area contributed by atoms with Gasteiger partial charge in [0.25, 0.3) is 0 Å². The van der Waals surface area contributed by atoms with Crippen molar-refractivity contribution in [3.63, 3.8) is 0 Å². The summed E-state index contributed by atoms with van der Waals surface area (Å²) in [4.78, 5) is 2.24. The standard InChI is InChI=1S/C21H28N2/c1-5-20(22)21(16-17(2)23(3)4,18-12-8-6-9-13-18)19-14-10-7-11-15-19/h6-15,17,22H,5,16H2,1-4H3. The minimum atomic E-state index is -0.360. The van der Waals surface area contributed by atoms with Gasteiger partial charge in [-0.05, 0) is 45.0 Å². The van der Waals surface area contributed by atoms with Crippen molar-refractivity contribution in [2.45, 2.75) is 38.1 Å². The van der Waals surface area contributed by atoms with Crippen LogP contribution in [0.1, 0.15) is 37.8 Å². The predicted octanol–water partition coefficient (Wildman–Crippen LogP) is 4.74. The van der Waals surface area contributed by atoms with Crippen LogP contribution in [0.25, 0.3) is 0 Å². The second kappa shape index (κ2) is 7.56. The summed E-state index contributed by atoms with van der Waals surface area (Å²) in [5, 5.41) is 8.83. The number of nitrogens with one attached hydrogen (secondary N) is 1. The first-order valence-electron chi connectivity index (χ1n) is 8.37. The van der Waals surface area contributed by atoms with Gasteiger partial charge in [-0.1, -0.05) is 67.6 Å². The minimum absolute atomic E-state index is 0.360. The van der Waals surface area contributed by atoms with Crippen molar-refractivity contribution in [1.29, 1.82) is 5.41 Å². The van der Waals surface area contributed by atoms with Crippen LogP contribution in [0.4, 0.5) is 0 Å². The van der Waals surface area contributed by atoms with Gasteiger partial charge in [0, 0.05) is 11.8 Å². The van der Waals surface area contributed by atoms with E-state index in [9.17, 15) is 0 Å². The van der Waals surface area contributed by atoms with Crippen molar-refractivity contribution in [1.82, 2.24) is 4.90 Å². The maximum Gasteiger partial charge on any atom is 0.0592 e. The molecule has 0 saturated carbocycles. The lowest BCUT2D eigenvalue weighted by Gasteiger charge is -2.39. The molecule has 1 unspecified atom stereocenters. The van der Waals surface area contributed by atoms with E-state index in [4.69, 9.17) is 5.41 Å². The van der Waals surface area contributed by atoms with Crippen LogP contribution in [0.15, 0.2) is 60.7 Å². The molecule has 122 valence electrons. The highest BCUT2D eigenvalue weighted by atomic mass is 15.1. The van der Waals surface area contributed by atoms with Gasteiger partial charge in [0.05, 0.1) is 5.41 Å². The molecule has 0 saturated heterocycles. The summed E-state index contributed by atoms with van der Waals surface area (Å²) in [6.07, 6.45) is 1.66. The second-order valence-electron chi connectivity index (χ2n) is 6.49. The Morgan fingerprint density at radius 2 is 1.39 bits per heavy atom. The summed E-state index contributed by atoms with van der Waals surface area (Å²) in [7, 11) is 4.22. The first-order chi connectivity index (χ1) is 11.0. The van der Waals surface area contributed by atoms with Gasteiger partial charge in [-0.15, -0.1) is 0 Å². The molecule has 2 aromatic rings. The Kier molecular flexibility index (Phi) is 5.73. The van der Waals surface area contributed by atoms with Crippen LogP contribution < -0.4 is 0 Å². The second-order valence-corrected chi connectivity index (χ2v) is 6.49. The molecule has 0 aliphatic carbocycles. The Balaban J connectivity index is 2.66. The van der Waals surface area contributed by atoms with Gasteiger partial charge in [-0.25, -0.2) is 0 Å². The molecule has 0 radical (unpaired) electrons. The smallest absolute Gasteiger partial charge is 0.0592 e. The summed E-state index contributed by atoms with van der Waals surface area (Å²) in [6.45, 7) is 4.33. The average Bonchev–Trinajstić information content (AvgIpc) is 2.60. The van der Waals surface area contributed by atoms with Crippen LogP contribution in [0, 0.1) is 5.41 Å². The molecule has 0 fully saturated rings. The van der Waals surface area contributed by atoms with E-state index in [1.54, 1.807) is 0 Å². The molecular weight excluding hydrogens is 280 g/mol. The molecule has 0 heterocycles. The maximum atomic E-state index is 8.83. The van der Waals surface area contributed by atoms with Gasteiger partial charge in [-0.3, -0.25) is 0 Å². The van der Waals surface area contributed by atoms with Crippen LogP contribution in [0.3, 0.4) is 0 Å². The molecule has 2 rings (SSSR count). The van der Waals surface area contributed by atoms with Crippen molar-refractivity contribution in [3.8, 4) is 0 Å². The van der Waals surface area contributed by atoms with Crippen molar-refractivity contribution in [3.05, 3.63) is 71.8 Å². The number of benzene rings is 2. The molecule has 0 amide bonds. The molecule has 2 heteroatoms. The molecule has 1 N–H and O–H groups in total. The molecule has 0 aromatic heterocycles. The van der Waals surface area contributed by atoms with Gasteiger partial charge < -0.3 is 10.3 Å². The van der Waals surface area contributed by atoms with E-state index in [-0.39, 0.29) is 5.41 Å². The van der Waals surface area contributed by atoms with Crippen molar-refractivity contribution in [2.24, 2.45) is 0 Å². The molecule has 2 nitrogen and oxygen atoms in total. The monoisotopic (exact) mass is 308 g/mol. The van der Waals surface area contributed by atoms with Crippen molar-refractivity contribution in [2.75, 3.05) is 14.1 Å². The van der Waals surface area contributed by atoms with E-state index in [1.807, 2.05) is 12.1 Å². The number of nitrogens with zero attached hydrogens (tertiary/aromatic N) is 1. The fourth-order valence-corrected chi connectivity index (χ4v) is 3.25. The van der Waals surface area contributed by atoms with Crippen LogP contribution in [-0.4, -0.2) is 30.7 Å². The van der Waals surface area contributed by atoms with Gasteiger partial charge in [0.2, 0.25) is 0 Å². The zero-order chi connectivity index (χ0) is 16.9.